The van der Waals surface area contributed by atoms with Crippen LogP contribution in [-0.4, -0.2) is 54.9 Å². The Balaban J connectivity index is 1.47. The Morgan fingerprint density at radius 3 is 2.14 bits per heavy atom. The highest BCUT2D eigenvalue weighted by Crippen LogP contribution is 2.14. The normalized spacial score (nSPS) is 13.7. The van der Waals surface area contributed by atoms with E-state index in [9.17, 15) is 9.59 Å². The molecule has 0 bridgehead atoms. The first-order chi connectivity index (χ1) is 13.6. The van der Waals surface area contributed by atoms with Crippen molar-refractivity contribution in [3.8, 4) is 11.8 Å². The lowest BCUT2D eigenvalue weighted by atomic mass is 10.1. The molecule has 2 aromatic carbocycles. The number of amides is 2. The van der Waals surface area contributed by atoms with Gasteiger partial charge in [-0.15, -0.1) is 0 Å². The lowest BCUT2D eigenvalue weighted by Crippen LogP contribution is -2.50. The molecular weight excluding hydrogens is 354 g/mol. The number of methoxy groups -OCH3 is 1. The molecule has 0 unspecified atom stereocenters. The fraction of sp³-hybridized carbons (Fsp3) is 0.318. The number of aryl methyl sites for hydroxylation is 1. The van der Waals surface area contributed by atoms with E-state index in [1.165, 1.54) is 0 Å². The molecule has 1 aliphatic rings. The summed E-state index contributed by atoms with van der Waals surface area (Å²) in [6.45, 7) is 2.13. The molecule has 2 amide bonds. The average molecular weight is 377 g/mol. The maximum absolute atomic E-state index is 12.6. The van der Waals surface area contributed by atoms with Crippen LogP contribution in [0.15, 0.2) is 48.5 Å². The number of benzene rings is 2. The lowest BCUT2D eigenvalue weighted by Gasteiger charge is -2.35. The third-order valence-corrected chi connectivity index (χ3v) is 4.97. The van der Waals surface area contributed by atoms with Gasteiger partial charge < -0.3 is 14.5 Å². The molecule has 3 rings (SSSR count). The maximum atomic E-state index is 12.6. The smallest absolute Gasteiger partial charge is 0.253 e. The molecule has 1 fully saturated rings. The molecule has 0 radical (unpaired) electrons. The summed E-state index contributed by atoms with van der Waals surface area (Å²) < 4.78 is 5.14. The molecule has 1 heterocycles. The van der Waals surface area contributed by atoms with E-state index in [0.29, 0.717) is 50.1 Å². The average Bonchev–Trinajstić information content (AvgIpc) is 2.77. The Kier molecular flexibility index (Phi) is 6.28. The van der Waals surface area contributed by atoms with Crippen LogP contribution in [-0.2, 0) is 11.2 Å². The number of nitriles is 1. The van der Waals surface area contributed by atoms with Crippen LogP contribution >= 0.6 is 0 Å². The Morgan fingerprint density at radius 1 is 0.964 bits per heavy atom. The molecule has 0 aliphatic carbocycles. The van der Waals surface area contributed by atoms with Crippen LogP contribution in [0.25, 0.3) is 0 Å². The highest BCUT2D eigenvalue weighted by molar-refractivity contribution is 5.94. The number of rotatable bonds is 5. The summed E-state index contributed by atoms with van der Waals surface area (Å²) in [5, 5.41) is 8.85. The minimum atomic E-state index is -0.0604. The van der Waals surface area contributed by atoms with Crippen LogP contribution in [0.4, 0.5) is 0 Å². The monoisotopic (exact) mass is 377 g/mol. The van der Waals surface area contributed by atoms with Crippen LogP contribution in [0.1, 0.15) is 27.9 Å². The highest BCUT2D eigenvalue weighted by Gasteiger charge is 2.24. The zero-order chi connectivity index (χ0) is 19.9. The Bertz CT molecular complexity index is 861. The third kappa shape index (κ3) is 4.68. The summed E-state index contributed by atoms with van der Waals surface area (Å²) in [6.07, 6.45) is 1.14. The molecule has 1 aliphatic heterocycles. The lowest BCUT2D eigenvalue weighted by molar-refractivity contribution is -0.132. The molecule has 0 saturated carbocycles. The summed E-state index contributed by atoms with van der Waals surface area (Å²) in [4.78, 5) is 28.6. The summed E-state index contributed by atoms with van der Waals surface area (Å²) in [6, 6.07) is 16.4. The molecule has 144 valence electrons. The van der Waals surface area contributed by atoms with Crippen molar-refractivity contribution in [1.29, 1.82) is 5.26 Å². The van der Waals surface area contributed by atoms with Gasteiger partial charge in [-0.3, -0.25) is 9.59 Å². The molecule has 6 heteroatoms. The van der Waals surface area contributed by atoms with E-state index in [2.05, 4.69) is 0 Å². The molecule has 1 saturated heterocycles. The number of nitrogens with zero attached hydrogens (tertiary/aromatic N) is 3. The van der Waals surface area contributed by atoms with E-state index in [-0.39, 0.29) is 11.8 Å². The fourth-order valence-electron chi connectivity index (χ4n) is 3.23. The molecule has 0 spiro atoms. The summed E-state index contributed by atoms with van der Waals surface area (Å²) >= 11 is 0. The number of piperazine rings is 1. The van der Waals surface area contributed by atoms with Crippen molar-refractivity contribution in [2.75, 3.05) is 33.3 Å². The minimum absolute atomic E-state index is 0.0604. The first-order valence-electron chi connectivity index (χ1n) is 9.31. The summed E-state index contributed by atoms with van der Waals surface area (Å²) in [5.74, 6) is 0.856. The largest absolute Gasteiger partial charge is 0.497 e. The van der Waals surface area contributed by atoms with E-state index in [0.717, 1.165) is 11.3 Å². The Labute approximate surface area is 164 Å². The van der Waals surface area contributed by atoms with Gasteiger partial charge in [-0.2, -0.15) is 5.26 Å². The van der Waals surface area contributed by atoms with Crippen molar-refractivity contribution in [3.63, 3.8) is 0 Å². The molecule has 28 heavy (non-hydrogen) atoms. The molecule has 0 N–H and O–H groups in total. The van der Waals surface area contributed by atoms with Gasteiger partial charge in [0, 0.05) is 38.2 Å². The number of carbonyl (C=O) groups is 2. The minimum Gasteiger partial charge on any atom is -0.497 e. The van der Waals surface area contributed by atoms with Gasteiger partial charge >= 0.3 is 0 Å². The fourth-order valence-corrected chi connectivity index (χ4v) is 3.23. The SMILES string of the molecule is COc1ccc(CCC(=O)N2CCN(C(=O)c3ccc(C#N)cc3)CC2)cc1. The van der Waals surface area contributed by atoms with E-state index < -0.39 is 0 Å². The predicted molar refractivity (Wildman–Crippen MR) is 105 cm³/mol. The van der Waals surface area contributed by atoms with Gasteiger partial charge in [0.15, 0.2) is 0 Å². The van der Waals surface area contributed by atoms with Gasteiger partial charge in [0.2, 0.25) is 5.91 Å². The second kappa shape index (κ2) is 9.05. The van der Waals surface area contributed by atoms with Crippen LogP contribution in [0, 0.1) is 11.3 Å². The first kappa shape index (κ1) is 19.4. The summed E-state index contributed by atoms with van der Waals surface area (Å²) in [5.41, 5.74) is 2.20. The molecular formula is C22H23N3O3. The van der Waals surface area contributed by atoms with Gasteiger partial charge in [-0.1, -0.05) is 12.1 Å². The predicted octanol–water partition coefficient (Wildman–Crippen LogP) is 2.48. The van der Waals surface area contributed by atoms with Gasteiger partial charge in [-0.05, 0) is 48.4 Å². The van der Waals surface area contributed by atoms with Crippen molar-refractivity contribution in [2.24, 2.45) is 0 Å². The zero-order valence-electron chi connectivity index (χ0n) is 15.9. The summed E-state index contributed by atoms with van der Waals surface area (Å²) in [7, 11) is 1.63. The standard InChI is InChI=1S/C22H23N3O3/c1-28-20-9-4-17(5-10-20)6-11-21(26)24-12-14-25(15-13-24)22(27)19-7-2-18(16-23)3-8-19/h2-5,7-10H,6,11-15H2,1H3. The Hall–Kier alpha value is -3.33. The first-order valence-corrected chi connectivity index (χ1v) is 9.31. The van der Waals surface area contributed by atoms with Crippen LogP contribution < -0.4 is 4.74 Å². The van der Waals surface area contributed by atoms with Gasteiger partial charge in [-0.25, -0.2) is 0 Å². The van der Waals surface area contributed by atoms with E-state index in [1.54, 1.807) is 36.3 Å². The van der Waals surface area contributed by atoms with Crippen molar-refractivity contribution in [1.82, 2.24) is 9.80 Å². The van der Waals surface area contributed by atoms with Crippen molar-refractivity contribution < 1.29 is 14.3 Å². The molecule has 2 aromatic rings. The van der Waals surface area contributed by atoms with Crippen molar-refractivity contribution >= 4 is 11.8 Å². The topological polar surface area (TPSA) is 73.6 Å². The van der Waals surface area contributed by atoms with Gasteiger partial charge in [0.05, 0.1) is 18.7 Å². The van der Waals surface area contributed by atoms with E-state index in [1.807, 2.05) is 35.2 Å². The molecule has 0 atom stereocenters. The second-order valence-corrected chi connectivity index (χ2v) is 6.71. The van der Waals surface area contributed by atoms with Gasteiger partial charge in [0.1, 0.15) is 5.75 Å². The second-order valence-electron chi connectivity index (χ2n) is 6.71. The van der Waals surface area contributed by atoms with Crippen LogP contribution in [0.2, 0.25) is 0 Å². The molecule has 0 aromatic heterocycles. The molecule has 6 nitrogen and oxygen atoms in total. The number of hydrogen-bond acceptors (Lipinski definition) is 4. The maximum Gasteiger partial charge on any atom is 0.253 e. The van der Waals surface area contributed by atoms with E-state index in [4.69, 9.17) is 10.00 Å². The van der Waals surface area contributed by atoms with Crippen LogP contribution in [0.5, 0.6) is 5.75 Å². The number of hydrogen-bond donors (Lipinski definition) is 0. The number of ether oxygens (including phenoxy) is 1. The Morgan fingerprint density at radius 2 is 1.57 bits per heavy atom. The van der Waals surface area contributed by atoms with Gasteiger partial charge in [0.25, 0.3) is 5.91 Å². The number of carbonyl (C=O) groups excluding carboxylic acids is 2. The van der Waals surface area contributed by atoms with Crippen molar-refractivity contribution in [2.45, 2.75) is 12.8 Å². The zero-order valence-corrected chi connectivity index (χ0v) is 15.9. The quantitative estimate of drug-likeness (QED) is 0.802. The van der Waals surface area contributed by atoms with Crippen LogP contribution in [0.3, 0.4) is 0 Å². The van der Waals surface area contributed by atoms with E-state index >= 15 is 0 Å². The van der Waals surface area contributed by atoms with Crippen molar-refractivity contribution in [3.05, 3.63) is 65.2 Å². The highest BCUT2D eigenvalue weighted by atomic mass is 16.5. The third-order valence-electron chi connectivity index (χ3n) is 4.97.